The Labute approximate surface area is 136 Å². The van der Waals surface area contributed by atoms with Gasteiger partial charge in [0.15, 0.2) is 0 Å². The van der Waals surface area contributed by atoms with Crippen LogP contribution in [-0.4, -0.2) is 19.3 Å². The second kappa shape index (κ2) is 8.38. The van der Waals surface area contributed by atoms with Crippen LogP contribution in [0.15, 0.2) is 22.7 Å². The zero-order chi connectivity index (χ0) is 15.2. The molecule has 0 saturated carbocycles. The predicted molar refractivity (Wildman–Crippen MR) is 90.5 cm³/mol. The molecule has 0 aliphatic heterocycles. The van der Waals surface area contributed by atoms with Gasteiger partial charge in [0.1, 0.15) is 0 Å². The number of nitrogens with one attached hydrogen (secondary N) is 1. The molecule has 0 saturated heterocycles. The quantitative estimate of drug-likeness (QED) is 0.673. The van der Waals surface area contributed by atoms with E-state index in [1.807, 2.05) is 12.1 Å². The lowest BCUT2D eigenvalue weighted by atomic mass is 9.94. The monoisotopic (exact) mass is 361 g/mol. The van der Waals surface area contributed by atoms with E-state index in [0.717, 1.165) is 40.9 Å². The number of ether oxygens (including phenoxy) is 1. The van der Waals surface area contributed by atoms with Crippen LogP contribution in [0.25, 0.3) is 0 Å². The summed E-state index contributed by atoms with van der Waals surface area (Å²) in [5.41, 5.74) is 1.06. The molecule has 0 heterocycles. The van der Waals surface area contributed by atoms with Crippen LogP contribution in [0.3, 0.4) is 0 Å². The molecule has 0 aromatic heterocycles. The summed E-state index contributed by atoms with van der Waals surface area (Å²) in [6.07, 6.45) is 3.10. The van der Waals surface area contributed by atoms with Crippen LogP contribution in [0.2, 0.25) is 5.02 Å². The Morgan fingerprint density at radius 3 is 2.65 bits per heavy atom. The van der Waals surface area contributed by atoms with Gasteiger partial charge in [0.2, 0.25) is 0 Å². The van der Waals surface area contributed by atoms with Crippen molar-refractivity contribution in [3.8, 4) is 0 Å². The molecule has 4 heteroatoms. The summed E-state index contributed by atoms with van der Waals surface area (Å²) >= 11 is 9.84. The molecule has 1 atom stereocenters. The average molecular weight is 363 g/mol. The molecule has 1 rings (SSSR count). The Morgan fingerprint density at radius 2 is 2.10 bits per heavy atom. The van der Waals surface area contributed by atoms with E-state index in [1.54, 1.807) is 7.11 Å². The molecule has 1 aromatic rings. The van der Waals surface area contributed by atoms with E-state index in [2.05, 4.69) is 48.1 Å². The fourth-order valence-corrected chi connectivity index (χ4v) is 2.87. The molecule has 20 heavy (non-hydrogen) atoms. The van der Waals surface area contributed by atoms with E-state index in [0.29, 0.717) is 0 Å². The molecule has 114 valence electrons. The SMILES string of the molecule is CCCNC(CCC(C)(C)OC)c1ccc(Br)cc1Cl. The maximum atomic E-state index is 6.39. The van der Waals surface area contributed by atoms with Gasteiger partial charge in [0.05, 0.1) is 5.60 Å². The van der Waals surface area contributed by atoms with Crippen molar-refractivity contribution in [3.63, 3.8) is 0 Å². The maximum absolute atomic E-state index is 6.39. The first-order chi connectivity index (χ1) is 9.39. The topological polar surface area (TPSA) is 21.3 Å². The molecule has 0 spiro atoms. The number of rotatable bonds is 8. The Morgan fingerprint density at radius 1 is 1.40 bits per heavy atom. The van der Waals surface area contributed by atoms with E-state index >= 15 is 0 Å². The summed E-state index contributed by atoms with van der Waals surface area (Å²) in [7, 11) is 1.76. The number of methoxy groups -OCH3 is 1. The molecule has 0 amide bonds. The highest BCUT2D eigenvalue weighted by molar-refractivity contribution is 9.10. The Bertz CT molecular complexity index is 423. The van der Waals surface area contributed by atoms with Crippen molar-refractivity contribution in [3.05, 3.63) is 33.3 Å². The highest BCUT2D eigenvalue weighted by Gasteiger charge is 2.21. The van der Waals surface area contributed by atoms with Crippen molar-refractivity contribution in [2.75, 3.05) is 13.7 Å². The summed E-state index contributed by atoms with van der Waals surface area (Å²) in [6.45, 7) is 7.40. The van der Waals surface area contributed by atoms with Gasteiger partial charge in [-0.3, -0.25) is 0 Å². The van der Waals surface area contributed by atoms with Crippen LogP contribution < -0.4 is 5.32 Å². The molecule has 0 radical (unpaired) electrons. The van der Waals surface area contributed by atoms with E-state index in [4.69, 9.17) is 16.3 Å². The van der Waals surface area contributed by atoms with Crippen molar-refractivity contribution in [1.82, 2.24) is 5.32 Å². The summed E-state index contributed by atoms with van der Waals surface area (Å²) in [4.78, 5) is 0. The zero-order valence-corrected chi connectivity index (χ0v) is 15.1. The van der Waals surface area contributed by atoms with Crippen molar-refractivity contribution < 1.29 is 4.74 Å². The molecule has 1 aromatic carbocycles. The minimum absolute atomic E-state index is 0.103. The highest BCUT2D eigenvalue weighted by atomic mass is 79.9. The third-order valence-corrected chi connectivity index (χ3v) is 4.39. The summed E-state index contributed by atoms with van der Waals surface area (Å²) in [6, 6.07) is 6.37. The minimum Gasteiger partial charge on any atom is -0.379 e. The summed E-state index contributed by atoms with van der Waals surface area (Å²) in [5.74, 6) is 0. The first kappa shape index (κ1) is 18.0. The van der Waals surface area contributed by atoms with E-state index in [9.17, 15) is 0 Å². The number of benzene rings is 1. The Hall–Kier alpha value is -0.0900. The van der Waals surface area contributed by atoms with Crippen molar-refractivity contribution in [2.45, 2.75) is 51.7 Å². The average Bonchev–Trinajstić information content (AvgIpc) is 2.40. The first-order valence-electron chi connectivity index (χ1n) is 7.13. The largest absolute Gasteiger partial charge is 0.379 e. The molecular weight excluding hydrogens is 338 g/mol. The molecule has 2 nitrogen and oxygen atoms in total. The van der Waals surface area contributed by atoms with Gasteiger partial charge < -0.3 is 10.1 Å². The van der Waals surface area contributed by atoms with Crippen molar-refractivity contribution in [1.29, 1.82) is 0 Å². The highest BCUT2D eigenvalue weighted by Crippen LogP contribution is 2.31. The van der Waals surface area contributed by atoms with Gasteiger partial charge in [0.25, 0.3) is 0 Å². The standard InChI is InChI=1S/C16H25BrClNO/c1-5-10-19-15(8-9-16(2,3)20-4)13-7-6-12(17)11-14(13)18/h6-7,11,15,19H,5,8-10H2,1-4H3. The predicted octanol–water partition coefficient (Wildman–Crippen LogP) is 5.35. The van der Waals surface area contributed by atoms with Crippen molar-refractivity contribution >= 4 is 27.5 Å². The molecule has 0 bridgehead atoms. The van der Waals surface area contributed by atoms with Gasteiger partial charge in [-0.05, 0) is 57.4 Å². The maximum Gasteiger partial charge on any atom is 0.0623 e. The van der Waals surface area contributed by atoms with Gasteiger partial charge in [0, 0.05) is 22.6 Å². The van der Waals surface area contributed by atoms with Crippen molar-refractivity contribution in [2.24, 2.45) is 0 Å². The lowest BCUT2D eigenvalue weighted by molar-refractivity contribution is 0.0117. The number of hydrogen-bond donors (Lipinski definition) is 1. The summed E-state index contributed by atoms with van der Waals surface area (Å²) < 4.78 is 6.52. The normalized spacial score (nSPS) is 13.5. The van der Waals surface area contributed by atoms with E-state index in [1.165, 1.54) is 0 Å². The van der Waals surface area contributed by atoms with Crippen LogP contribution in [0.4, 0.5) is 0 Å². The lowest BCUT2D eigenvalue weighted by Crippen LogP contribution is -2.28. The van der Waals surface area contributed by atoms with Gasteiger partial charge in [-0.2, -0.15) is 0 Å². The fourth-order valence-electron chi connectivity index (χ4n) is 2.06. The molecular formula is C16H25BrClNO. The van der Waals surface area contributed by atoms with Gasteiger partial charge in [-0.1, -0.05) is 40.5 Å². The number of hydrogen-bond acceptors (Lipinski definition) is 2. The smallest absolute Gasteiger partial charge is 0.0623 e. The number of halogens is 2. The molecule has 0 fully saturated rings. The lowest BCUT2D eigenvalue weighted by Gasteiger charge is -2.27. The van der Waals surface area contributed by atoms with Gasteiger partial charge >= 0.3 is 0 Å². The first-order valence-corrected chi connectivity index (χ1v) is 8.30. The van der Waals surface area contributed by atoms with Crippen LogP contribution in [0.5, 0.6) is 0 Å². The van der Waals surface area contributed by atoms with E-state index < -0.39 is 0 Å². The van der Waals surface area contributed by atoms with Crippen LogP contribution >= 0.6 is 27.5 Å². The molecule has 0 aliphatic carbocycles. The Balaban J connectivity index is 2.82. The fraction of sp³-hybridized carbons (Fsp3) is 0.625. The molecule has 1 unspecified atom stereocenters. The zero-order valence-electron chi connectivity index (χ0n) is 12.8. The second-order valence-corrected chi connectivity index (χ2v) is 7.00. The van der Waals surface area contributed by atoms with Crippen LogP contribution in [0, 0.1) is 0 Å². The van der Waals surface area contributed by atoms with Gasteiger partial charge in [-0.15, -0.1) is 0 Å². The van der Waals surface area contributed by atoms with Crippen LogP contribution in [-0.2, 0) is 4.74 Å². The molecule has 1 N–H and O–H groups in total. The minimum atomic E-state index is -0.103. The third kappa shape index (κ3) is 5.72. The van der Waals surface area contributed by atoms with Gasteiger partial charge in [-0.25, -0.2) is 0 Å². The van der Waals surface area contributed by atoms with Crippen LogP contribution in [0.1, 0.15) is 51.6 Å². The second-order valence-electron chi connectivity index (χ2n) is 5.68. The summed E-state index contributed by atoms with van der Waals surface area (Å²) in [5, 5.41) is 4.40. The molecule has 0 aliphatic rings. The third-order valence-electron chi connectivity index (χ3n) is 3.57. The Kier molecular flexibility index (Phi) is 7.52. The van der Waals surface area contributed by atoms with E-state index in [-0.39, 0.29) is 11.6 Å².